The normalized spacial score (nSPS) is 11.1. The van der Waals surface area contributed by atoms with Gasteiger partial charge in [0.1, 0.15) is 0 Å². The van der Waals surface area contributed by atoms with Crippen molar-refractivity contribution in [3.05, 3.63) is 42.2 Å². The summed E-state index contributed by atoms with van der Waals surface area (Å²) in [5, 5.41) is 4.28. The Kier molecular flexibility index (Phi) is 1.83. The van der Waals surface area contributed by atoms with Crippen LogP contribution in [0.4, 0.5) is 0 Å². The molecule has 0 amide bonds. The molecule has 0 saturated carbocycles. The highest BCUT2D eigenvalue weighted by Gasteiger charge is 2.08. The van der Waals surface area contributed by atoms with Crippen molar-refractivity contribution in [3.63, 3.8) is 0 Å². The zero-order valence-electron chi connectivity index (χ0n) is 9.25. The van der Waals surface area contributed by atoms with E-state index in [-0.39, 0.29) is 0 Å². The second-order valence-corrected chi connectivity index (χ2v) is 3.92. The molecule has 0 aliphatic heterocycles. The standard InChI is InChI=1S/C12H12N4/c1-9-7-13-16(8-9)12-14-10-5-3-4-6-11(10)15(12)2/h3-8H,1-2H3. The van der Waals surface area contributed by atoms with E-state index in [1.165, 1.54) is 0 Å². The number of rotatable bonds is 1. The summed E-state index contributed by atoms with van der Waals surface area (Å²) in [4.78, 5) is 4.56. The molecule has 0 saturated heterocycles. The Labute approximate surface area is 93.1 Å². The summed E-state index contributed by atoms with van der Waals surface area (Å²) in [7, 11) is 2.00. The summed E-state index contributed by atoms with van der Waals surface area (Å²) in [6, 6.07) is 8.08. The van der Waals surface area contributed by atoms with Gasteiger partial charge in [0.2, 0.25) is 5.95 Å². The zero-order chi connectivity index (χ0) is 11.1. The van der Waals surface area contributed by atoms with Crippen LogP contribution in [0.2, 0.25) is 0 Å². The first-order chi connectivity index (χ1) is 7.75. The van der Waals surface area contributed by atoms with Gasteiger partial charge in [-0.2, -0.15) is 5.10 Å². The topological polar surface area (TPSA) is 35.6 Å². The van der Waals surface area contributed by atoms with Crippen LogP contribution in [-0.4, -0.2) is 19.3 Å². The molecule has 16 heavy (non-hydrogen) atoms. The second-order valence-electron chi connectivity index (χ2n) is 3.92. The molecule has 0 bridgehead atoms. The summed E-state index contributed by atoms with van der Waals surface area (Å²) >= 11 is 0. The monoisotopic (exact) mass is 212 g/mol. The van der Waals surface area contributed by atoms with Crippen LogP contribution in [0.5, 0.6) is 0 Å². The van der Waals surface area contributed by atoms with Crippen LogP contribution < -0.4 is 0 Å². The average molecular weight is 212 g/mol. The molecule has 2 heterocycles. The molecule has 0 unspecified atom stereocenters. The van der Waals surface area contributed by atoms with Crippen molar-refractivity contribution in [1.82, 2.24) is 19.3 Å². The van der Waals surface area contributed by atoms with Gasteiger partial charge in [0.05, 0.1) is 17.2 Å². The first-order valence-electron chi connectivity index (χ1n) is 5.19. The number of para-hydroxylation sites is 2. The van der Waals surface area contributed by atoms with E-state index in [0.717, 1.165) is 22.5 Å². The van der Waals surface area contributed by atoms with Crippen molar-refractivity contribution in [2.24, 2.45) is 7.05 Å². The number of nitrogens with zero attached hydrogens (tertiary/aromatic N) is 4. The van der Waals surface area contributed by atoms with E-state index in [4.69, 9.17) is 0 Å². The Morgan fingerprint density at radius 1 is 1.19 bits per heavy atom. The van der Waals surface area contributed by atoms with Crippen LogP contribution in [0, 0.1) is 6.92 Å². The number of fused-ring (bicyclic) bond motifs is 1. The number of imidazole rings is 1. The molecule has 0 fully saturated rings. The van der Waals surface area contributed by atoms with Crippen molar-refractivity contribution < 1.29 is 0 Å². The maximum atomic E-state index is 4.56. The largest absolute Gasteiger partial charge is 0.311 e. The van der Waals surface area contributed by atoms with Crippen molar-refractivity contribution in [2.45, 2.75) is 6.92 Å². The lowest BCUT2D eigenvalue weighted by Crippen LogP contribution is -2.03. The summed E-state index contributed by atoms with van der Waals surface area (Å²) in [5.74, 6) is 0.842. The predicted octanol–water partition coefficient (Wildman–Crippen LogP) is 2.07. The third kappa shape index (κ3) is 1.23. The molecule has 0 aliphatic carbocycles. The Bertz CT molecular complexity index is 648. The fourth-order valence-corrected chi connectivity index (χ4v) is 1.86. The van der Waals surface area contributed by atoms with Crippen LogP contribution in [0.1, 0.15) is 5.56 Å². The van der Waals surface area contributed by atoms with E-state index in [0.29, 0.717) is 0 Å². The van der Waals surface area contributed by atoms with Gasteiger partial charge in [0.25, 0.3) is 0 Å². The van der Waals surface area contributed by atoms with Gasteiger partial charge in [-0.15, -0.1) is 0 Å². The molecule has 2 aromatic heterocycles. The van der Waals surface area contributed by atoms with Crippen molar-refractivity contribution in [3.8, 4) is 5.95 Å². The van der Waals surface area contributed by atoms with Gasteiger partial charge in [0.15, 0.2) is 0 Å². The van der Waals surface area contributed by atoms with Crippen molar-refractivity contribution >= 4 is 11.0 Å². The van der Waals surface area contributed by atoms with Crippen LogP contribution in [0.25, 0.3) is 17.0 Å². The van der Waals surface area contributed by atoms with E-state index in [1.807, 2.05) is 49.1 Å². The minimum absolute atomic E-state index is 0.842. The van der Waals surface area contributed by atoms with E-state index in [2.05, 4.69) is 16.1 Å². The highest BCUT2D eigenvalue weighted by molar-refractivity contribution is 5.77. The third-order valence-corrected chi connectivity index (χ3v) is 2.68. The van der Waals surface area contributed by atoms with Crippen LogP contribution in [-0.2, 0) is 7.05 Å². The van der Waals surface area contributed by atoms with Gasteiger partial charge in [-0.1, -0.05) is 12.1 Å². The second kappa shape index (κ2) is 3.20. The summed E-state index contributed by atoms with van der Waals surface area (Å²) in [5.41, 5.74) is 3.24. The number of hydrogen-bond acceptors (Lipinski definition) is 2. The molecule has 4 nitrogen and oxygen atoms in total. The Morgan fingerprint density at radius 3 is 2.69 bits per heavy atom. The molecular weight excluding hydrogens is 200 g/mol. The molecule has 0 N–H and O–H groups in total. The zero-order valence-corrected chi connectivity index (χ0v) is 9.25. The molecule has 3 aromatic rings. The molecule has 0 spiro atoms. The third-order valence-electron chi connectivity index (χ3n) is 2.68. The van der Waals surface area contributed by atoms with Crippen LogP contribution in [0.3, 0.4) is 0 Å². The van der Waals surface area contributed by atoms with Crippen molar-refractivity contribution in [2.75, 3.05) is 0 Å². The Hall–Kier alpha value is -2.10. The number of aromatic nitrogens is 4. The van der Waals surface area contributed by atoms with Gasteiger partial charge >= 0.3 is 0 Å². The van der Waals surface area contributed by atoms with Gasteiger partial charge in [-0.25, -0.2) is 9.67 Å². The highest BCUT2D eigenvalue weighted by Crippen LogP contribution is 2.16. The molecule has 0 radical (unpaired) electrons. The number of benzene rings is 1. The first kappa shape index (κ1) is 9.15. The molecule has 80 valence electrons. The summed E-state index contributed by atoms with van der Waals surface area (Å²) in [6.07, 6.45) is 3.81. The number of hydrogen-bond donors (Lipinski definition) is 0. The lowest BCUT2D eigenvalue weighted by atomic mass is 10.3. The van der Waals surface area contributed by atoms with Crippen LogP contribution >= 0.6 is 0 Å². The molecule has 3 rings (SSSR count). The number of aryl methyl sites for hydroxylation is 2. The Morgan fingerprint density at radius 2 is 2.00 bits per heavy atom. The first-order valence-corrected chi connectivity index (χ1v) is 5.19. The molecule has 1 aromatic carbocycles. The van der Waals surface area contributed by atoms with Gasteiger partial charge in [-0.05, 0) is 24.6 Å². The average Bonchev–Trinajstić information content (AvgIpc) is 2.84. The summed E-state index contributed by atoms with van der Waals surface area (Å²) < 4.78 is 3.84. The SMILES string of the molecule is Cc1cnn(-c2nc3ccccc3n2C)c1. The lowest BCUT2D eigenvalue weighted by Gasteiger charge is -2.00. The molecule has 4 heteroatoms. The lowest BCUT2D eigenvalue weighted by molar-refractivity contribution is 0.761. The Balaban J connectivity index is 2.28. The van der Waals surface area contributed by atoms with Gasteiger partial charge in [-0.3, -0.25) is 0 Å². The summed E-state index contributed by atoms with van der Waals surface area (Å²) in [6.45, 7) is 2.02. The fraction of sp³-hybridized carbons (Fsp3) is 0.167. The van der Waals surface area contributed by atoms with Crippen molar-refractivity contribution in [1.29, 1.82) is 0 Å². The minimum atomic E-state index is 0.842. The van der Waals surface area contributed by atoms with E-state index < -0.39 is 0 Å². The minimum Gasteiger partial charge on any atom is -0.311 e. The quantitative estimate of drug-likeness (QED) is 0.619. The van der Waals surface area contributed by atoms with E-state index in [9.17, 15) is 0 Å². The maximum absolute atomic E-state index is 4.56. The van der Waals surface area contributed by atoms with E-state index >= 15 is 0 Å². The van der Waals surface area contributed by atoms with Gasteiger partial charge < -0.3 is 4.57 Å². The van der Waals surface area contributed by atoms with Crippen LogP contribution in [0.15, 0.2) is 36.7 Å². The predicted molar refractivity (Wildman–Crippen MR) is 62.6 cm³/mol. The highest BCUT2D eigenvalue weighted by atomic mass is 15.4. The molecular formula is C12H12N4. The maximum Gasteiger partial charge on any atom is 0.231 e. The smallest absolute Gasteiger partial charge is 0.231 e. The molecule has 0 atom stereocenters. The van der Waals surface area contributed by atoms with Gasteiger partial charge in [0, 0.05) is 13.2 Å². The fourth-order valence-electron chi connectivity index (χ4n) is 1.86. The van der Waals surface area contributed by atoms with E-state index in [1.54, 1.807) is 4.68 Å². The molecule has 0 aliphatic rings.